The number of rotatable bonds is 8. The van der Waals surface area contributed by atoms with Crippen LogP contribution in [0.3, 0.4) is 0 Å². The van der Waals surface area contributed by atoms with Crippen molar-refractivity contribution in [2.45, 2.75) is 38.3 Å². The Balaban J connectivity index is 1.23. The van der Waals surface area contributed by atoms with Crippen molar-refractivity contribution in [1.82, 2.24) is 35.3 Å². The van der Waals surface area contributed by atoms with Gasteiger partial charge in [-0.15, -0.1) is 5.10 Å². The maximum atomic E-state index is 12.2. The second-order valence-electron chi connectivity index (χ2n) is 6.57. The summed E-state index contributed by atoms with van der Waals surface area (Å²) in [6.07, 6.45) is 6.83. The summed E-state index contributed by atoms with van der Waals surface area (Å²) in [6, 6.07) is 9.60. The molecule has 1 saturated carbocycles. The highest BCUT2D eigenvalue weighted by Gasteiger charge is 2.26. The van der Waals surface area contributed by atoms with Gasteiger partial charge in [-0.05, 0) is 53.5 Å². The van der Waals surface area contributed by atoms with E-state index in [4.69, 9.17) is 0 Å². The Bertz CT molecular complexity index is 850. The van der Waals surface area contributed by atoms with E-state index in [2.05, 4.69) is 36.7 Å². The van der Waals surface area contributed by atoms with E-state index in [1.54, 1.807) is 11.0 Å². The van der Waals surface area contributed by atoms with E-state index in [0.717, 1.165) is 18.5 Å². The maximum Gasteiger partial charge on any atom is 0.251 e. The Morgan fingerprint density at radius 1 is 1.19 bits per heavy atom. The van der Waals surface area contributed by atoms with Crippen molar-refractivity contribution in [3.63, 3.8) is 0 Å². The fraction of sp³-hybridized carbons (Fsp3) is 0.389. The van der Waals surface area contributed by atoms with Gasteiger partial charge in [0.05, 0.1) is 6.54 Å². The van der Waals surface area contributed by atoms with Gasteiger partial charge in [-0.1, -0.05) is 12.1 Å². The highest BCUT2D eigenvalue weighted by atomic mass is 16.1. The number of nitrogens with zero attached hydrogens (tertiary/aromatic N) is 6. The molecule has 1 fully saturated rings. The molecule has 0 radical (unpaired) electrons. The summed E-state index contributed by atoms with van der Waals surface area (Å²) in [4.78, 5) is 12.2. The van der Waals surface area contributed by atoms with Gasteiger partial charge in [-0.3, -0.25) is 9.48 Å². The average molecular weight is 351 g/mol. The molecule has 0 bridgehead atoms. The van der Waals surface area contributed by atoms with Crippen LogP contribution in [0.5, 0.6) is 0 Å². The van der Waals surface area contributed by atoms with Crippen LogP contribution < -0.4 is 5.32 Å². The first-order valence-electron chi connectivity index (χ1n) is 8.89. The number of hydrogen-bond acceptors (Lipinski definition) is 5. The van der Waals surface area contributed by atoms with Crippen LogP contribution in [0.25, 0.3) is 0 Å². The summed E-state index contributed by atoms with van der Waals surface area (Å²) < 4.78 is 3.71. The standard InChI is InChI=1S/C18H21N7O/c26-18(16-4-2-14(3-5-16)12-24-13-20-22-23-24)19-9-1-11-25-17(8-10-21-25)15-6-7-15/h2-5,8,10,13,15H,1,6-7,9,11-12H2,(H,19,26). The average Bonchev–Trinajstić information content (AvgIpc) is 3.17. The van der Waals surface area contributed by atoms with Gasteiger partial charge in [0.25, 0.3) is 5.91 Å². The summed E-state index contributed by atoms with van der Waals surface area (Å²) >= 11 is 0. The molecule has 1 N–H and O–H groups in total. The lowest BCUT2D eigenvalue weighted by Gasteiger charge is -2.08. The van der Waals surface area contributed by atoms with E-state index in [1.807, 2.05) is 30.5 Å². The molecule has 0 atom stereocenters. The normalized spacial score (nSPS) is 13.7. The first-order chi connectivity index (χ1) is 12.8. The summed E-state index contributed by atoms with van der Waals surface area (Å²) in [5.74, 6) is 0.640. The predicted molar refractivity (Wildman–Crippen MR) is 94.5 cm³/mol. The van der Waals surface area contributed by atoms with E-state index in [-0.39, 0.29) is 5.91 Å². The van der Waals surface area contributed by atoms with Crippen molar-refractivity contribution in [3.8, 4) is 0 Å². The van der Waals surface area contributed by atoms with E-state index in [0.29, 0.717) is 24.6 Å². The fourth-order valence-corrected chi connectivity index (χ4v) is 2.99. The van der Waals surface area contributed by atoms with E-state index < -0.39 is 0 Å². The number of benzene rings is 1. The summed E-state index contributed by atoms with van der Waals surface area (Å²) in [5, 5.41) is 18.4. The molecule has 8 heteroatoms. The van der Waals surface area contributed by atoms with Crippen molar-refractivity contribution in [3.05, 3.63) is 59.7 Å². The van der Waals surface area contributed by atoms with Gasteiger partial charge in [0.15, 0.2) is 0 Å². The molecule has 0 unspecified atom stereocenters. The zero-order chi connectivity index (χ0) is 17.8. The molecule has 8 nitrogen and oxygen atoms in total. The fourth-order valence-electron chi connectivity index (χ4n) is 2.99. The Hall–Kier alpha value is -3.03. The lowest BCUT2D eigenvalue weighted by Crippen LogP contribution is -2.25. The van der Waals surface area contributed by atoms with E-state index in [9.17, 15) is 4.79 Å². The molecule has 1 amide bonds. The number of carbonyl (C=O) groups excluding carboxylic acids is 1. The zero-order valence-electron chi connectivity index (χ0n) is 14.5. The van der Waals surface area contributed by atoms with Crippen LogP contribution in [0.4, 0.5) is 0 Å². The number of amides is 1. The van der Waals surface area contributed by atoms with Crippen LogP contribution in [-0.2, 0) is 13.1 Å². The van der Waals surface area contributed by atoms with Crippen LogP contribution in [0.1, 0.15) is 46.8 Å². The molecule has 2 aromatic heterocycles. The molecule has 134 valence electrons. The molecule has 4 rings (SSSR count). The van der Waals surface area contributed by atoms with E-state index in [1.165, 1.54) is 18.5 Å². The molecule has 2 heterocycles. The second kappa shape index (κ2) is 7.47. The Morgan fingerprint density at radius 3 is 2.77 bits per heavy atom. The second-order valence-corrected chi connectivity index (χ2v) is 6.57. The predicted octanol–water partition coefficient (Wildman–Crippen LogP) is 1.62. The minimum atomic E-state index is -0.0538. The van der Waals surface area contributed by atoms with Crippen molar-refractivity contribution < 1.29 is 4.79 Å². The van der Waals surface area contributed by atoms with Crippen LogP contribution in [0, 0.1) is 0 Å². The number of hydrogen-bond donors (Lipinski definition) is 1. The lowest BCUT2D eigenvalue weighted by atomic mass is 10.1. The Labute approximate surface area is 151 Å². The van der Waals surface area contributed by atoms with Crippen molar-refractivity contribution in [2.75, 3.05) is 6.54 Å². The molecule has 0 spiro atoms. The Kier molecular flexibility index (Phi) is 4.72. The van der Waals surface area contributed by atoms with Gasteiger partial charge in [-0.25, -0.2) is 4.68 Å². The van der Waals surface area contributed by atoms with Gasteiger partial charge in [-0.2, -0.15) is 5.10 Å². The lowest BCUT2D eigenvalue weighted by molar-refractivity contribution is 0.0952. The highest BCUT2D eigenvalue weighted by Crippen LogP contribution is 2.39. The molecular formula is C18H21N7O. The van der Waals surface area contributed by atoms with Crippen molar-refractivity contribution in [1.29, 1.82) is 0 Å². The van der Waals surface area contributed by atoms with Crippen LogP contribution >= 0.6 is 0 Å². The molecule has 3 aromatic rings. The number of tetrazole rings is 1. The Morgan fingerprint density at radius 2 is 2.04 bits per heavy atom. The molecule has 26 heavy (non-hydrogen) atoms. The monoisotopic (exact) mass is 351 g/mol. The molecule has 0 aliphatic heterocycles. The van der Waals surface area contributed by atoms with Crippen LogP contribution in [0.15, 0.2) is 42.9 Å². The SMILES string of the molecule is O=C(NCCCn1nccc1C1CC1)c1ccc(Cn2cnnn2)cc1. The number of nitrogens with one attached hydrogen (secondary N) is 1. The van der Waals surface area contributed by atoms with Gasteiger partial charge < -0.3 is 5.32 Å². The molecule has 1 aromatic carbocycles. The quantitative estimate of drug-likeness (QED) is 0.623. The summed E-state index contributed by atoms with van der Waals surface area (Å²) in [6.45, 7) is 2.06. The minimum absolute atomic E-state index is 0.0538. The first-order valence-corrected chi connectivity index (χ1v) is 8.89. The number of aromatic nitrogens is 6. The highest BCUT2D eigenvalue weighted by molar-refractivity contribution is 5.94. The van der Waals surface area contributed by atoms with Gasteiger partial charge in [0.2, 0.25) is 0 Å². The van der Waals surface area contributed by atoms with Gasteiger partial charge >= 0.3 is 0 Å². The molecule has 1 aliphatic rings. The maximum absolute atomic E-state index is 12.2. The van der Waals surface area contributed by atoms with Crippen LogP contribution in [-0.4, -0.2) is 42.4 Å². The van der Waals surface area contributed by atoms with Crippen LogP contribution in [0.2, 0.25) is 0 Å². The largest absolute Gasteiger partial charge is 0.352 e. The third-order valence-electron chi connectivity index (χ3n) is 4.53. The smallest absolute Gasteiger partial charge is 0.251 e. The zero-order valence-corrected chi connectivity index (χ0v) is 14.5. The molecular weight excluding hydrogens is 330 g/mol. The van der Waals surface area contributed by atoms with E-state index >= 15 is 0 Å². The van der Waals surface area contributed by atoms with Gasteiger partial charge in [0, 0.05) is 36.5 Å². The van der Waals surface area contributed by atoms with Crippen molar-refractivity contribution in [2.24, 2.45) is 0 Å². The third-order valence-corrected chi connectivity index (χ3v) is 4.53. The number of aryl methyl sites for hydroxylation is 1. The number of carbonyl (C=O) groups is 1. The topological polar surface area (TPSA) is 90.5 Å². The third kappa shape index (κ3) is 3.96. The summed E-state index contributed by atoms with van der Waals surface area (Å²) in [7, 11) is 0. The molecule has 0 saturated heterocycles. The summed E-state index contributed by atoms with van der Waals surface area (Å²) in [5.41, 5.74) is 3.03. The van der Waals surface area contributed by atoms with Crippen molar-refractivity contribution >= 4 is 5.91 Å². The van der Waals surface area contributed by atoms with Gasteiger partial charge in [0.1, 0.15) is 6.33 Å². The molecule has 1 aliphatic carbocycles. The minimum Gasteiger partial charge on any atom is -0.352 e. The first kappa shape index (κ1) is 16.4.